The summed E-state index contributed by atoms with van der Waals surface area (Å²) < 4.78 is 42.1. The predicted molar refractivity (Wildman–Crippen MR) is 118 cm³/mol. The minimum absolute atomic E-state index is 0.0904. The lowest BCUT2D eigenvalue weighted by Crippen LogP contribution is -2.39. The van der Waals surface area contributed by atoms with E-state index >= 15 is 0 Å². The van der Waals surface area contributed by atoms with E-state index in [4.69, 9.17) is 23.2 Å². The number of benzene rings is 2. The van der Waals surface area contributed by atoms with Gasteiger partial charge in [-0.1, -0.05) is 41.4 Å². The Morgan fingerprint density at radius 1 is 1.22 bits per heavy atom. The van der Waals surface area contributed by atoms with Crippen molar-refractivity contribution in [3.05, 3.63) is 81.6 Å². The van der Waals surface area contributed by atoms with Crippen LogP contribution in [-0.2, 0) is 27.8 Å². The molecule has 168 valence electrons. The number of hydrogen-bond acceptors (Lipinski definition) is 4. The Morgan fingerprint density at radius 3 is 2.72 bits per heavy atom. The molecule has 2 N–H and O–H groups in total. The van der Waals surface area contributed by atoms with Crippen LogP contribution >= 0.6 is 23.2 Å². The van der Waals surface area contributed by atoms with Crippen molar-refractivity contribution in [3.63, 3.8) is 0 Å². The average Bonchev–Trinajstić information content (AvgIpc) is 3.23. The molecule has 1 amide bonds. The molecule has 32 heavy (non-hydrogen) atoms. The summed E-state index contributed by atoms with van der Waals surface area (Å²) in [5.41, 5.74) is 2.22. The van der Waals surface area contributed by atoms with Crippen molar-refractivity contribution in [2.45, 2.75) is 30.3 Å². The van der Waals surface area contributed by atoms with Crippen LogP contribution in [0, 0.1) is 5.82 Å². The molecule has 4 rings (SSSR count). The smallest absolute Gasteiger partial charge is 0.242 e. The SMILES string of the molecule is O=C(CC(NS(=O)(=O)c1cccc(Cl)c1Cl)c1ccc(F)cc1)N1CCc2nc[nH]c2C1. The fourth-order valence-corrected chi connectivity index (χ4v) is 5.58. The molecular weight excluding hydrogens is 478 g/mol. The first-order chi connectivity index (χ1) is 15.2. The maximum Gasteiger partial charge on any atom is 0.242 e. The van der Waals surface area contributed by atoms with Crippen LogP contribution in [0.5, 0.6) is 0 Å². The summed E-state index contributed by atoms with van der Waals surface area (Å²) in [6.45, 7) is 0.830. The highest BCUT2D eigenvalue weighted by Crippen LogP contribution is 2.31. The second-order valence-corrected chi connectivity index (χ2v) is 9.84. The van der Waals surface area contributed by atoms with Crippen LogP contribution in [-0.4, -0.2) is 35.7 Å². The van der Waals surface area contributed by atoms with Gasteiger partial charge in [-0.05, 0) is 29.8 Å². The van der Waals surface area contributed by atoms with E-state index in [-0.39, 0.29) is 27.3 Å². The lowest BCUT2D eigenvalue weighted by Gasteiger charge is -2.28. The molecule has 1 aromatic heterocycles. The third-order valence-electron chi connectivity index (χ3n) is 5.28. The number of nitrogens with zero attached hydrogens (tertiary/aromatic N) is 2. The molecule has 2 aromatic carbocycles. The summed E-state index contributed by atoms with van der Waals surface area (Å²) in [5, 5.41) is -0.0266. The predicted octanol–water partition coefficient (Wildman–Crippen LogP) is 3.85. The van der Waals surface area contributed by atoms with E-state index < -0.39 is 21.9 Å². The van der Waals surface area contributed by atoms with Crippen LogP contribution in [0.2, 0.25) is 10.0 Å². The molecule has 3 aromatic rings. The van der Waals surface area contributed by atoms with Gasteiger partial charge in [0, 0.05) is 19.4 Å². The molecule has 2 heterocycles. The van der Waals surface area contributed by atoms with Crippen LogP contribution in [0.15, 0.2) is 53.7 Å². The minimum Gasteiger partial charge on any atom is -0.347 e. The molecular formula is C21H19Cl2FN4O3S. The monoisotopic (exact) mass is 496 g/mol. The highest BCUT2D eigenvalue weighted by molar-refractivity contribution is 7.89. The Bertz CT molecular complexity index is 1250. The number of imidazole rings is 1. The van der Waals surface area contributed by atoms with Crippen molar-refractivity contribution in [1.29, 1.82) is 0 Å². The number of aromatic amines is 1. The third kappa shape index (κ3) is 4.80. The molecule has 0 saturated carbocycles. The number of aromatic nitrogens is 2. The van der Waals surface area contributed by atoms with Gasteiger partial charge in [0.05, 0.1) is 40.3 Å². The molecule has 1 atom stereocenters. The van der Waals surface area contributed by atoms with Crippen LogP contribution in [0.1, 0.15) is 29.4 Å². The van der Waals surface area contributed by atoms with Crippen LogP contribution < -0.4 is 4.72 Å². The normalized spacial score (nSPS) is 14.8. The highest BCUT2D eigenvalue weighted by atomic mass is 35.5. The van der Waals surface area contributed by atoms with Gasteiger partial charge in [0.1, 0.15) is 10.7 Å². The number of H-pyrrole nitrogens is 1. The van der Waals surface area contributed by atoms with Crippen LogP contribution in [0.4, 0.5) is 4.39 Å². The van der Waals surface area contributed by atoms with E-state index in [1.807, 2.05) is 0 Å². The number of carbonyl (C=O) groups is 1. The number of fused-ring (bicyclic) bond motifs is 1. The van der Waals surface area contributed by atoms with Crippen molar-refractivity contribution < 1.29 is 17.6 Å². The largest absolute Gasteiger partial charge is 0.347 e. The van der Waals surface area contributed by atoms with E-state index in [1.54, 1.807) is 11.2 Å². The molecule has 1 unspecified atom stereocenters. The summed E-state index contributed by atoms with van der Waals surface area (Å²) in [5.74, 6) is -0.721. The van der Waals surface area contributed by atoms with Crippen molar-refractivity contribution in [1.82, 2.24) is 19.6 Å². The first kappa shape index (κ1) is 22.7. The third-order valence-corrected chi connectivity index (χ3v) is 7.73. The van der Waals surface area contributed by atoms with E-state index in [0.717, 1.165) is 11.4 Å². The molecule has 1 aliphatic heterocycles. The lowest BCUT2D eigenvalue weighted by molar-refractivity contribution is -0.132. The van der Waals surface area contributed by atoms with Crippen molar-refractivity contribution in [2.24, 2.45) is 0 Å². The van der Waals surface area contributed by atoms with Gasteiger partial charge >= 0.3 is 0 Å². The lowest BCUT2D eigenvalue weighted by atomic mass is 10.0. The van der Waals surface area contributed by atoms with Gasteiger partial charge in [-0.25, -0.2) is 22.5 Å². The second-order valence-electron chi connectivity index (χ2n) is 7.37. The Kier molecular flexibility index (Phi) is 6.52. The standard InChI is InChI=1S/C21H19Cl2FN4O3S/c22-15-2-1-3-19(21(15)23)32(30,31)27-17(13-4-6-14(24)7-5-13)10-20(29)28-9-8-16-18(11-28)26-12-25-16/h1-7,12,17,27H,8-11H2,(H,25,26). The van der Waals surface area contributed by atoms with Gasteiger partial charge in [0.25, 0.3) is 0 Å². The number of halogens is 3. The average molecular weight is 497 g/mol. The van der Waals surface area contributed by atoms with E-state index in [0.29, 0.717) is 25.1 Å². The van der Waals surface area contributed by atoms with Gasteiger partial charge in [-0.15, -0.1) is 0 Å². The van der Waals surface area contributed by atoms with E-state index in [9.17, 15) is 17.6 Å². The second kappa shape index (κ2) is 9.19. The molecule has 0 saturated heterocycles. The Hall–Kier alpha value is -2.46. The molecule has 0 bridgehead atoms. The summed E-state index contributed by atoms with van der Waals surface area (Å²) in [6, 6.07) is 8.64. The number of rotatable bonds is 6. The maximum atomic E-state index is 13.5. The molecule has 0 radical (unpaired) electrons. The quantitative estimate of drug-likeness (QED) is 0.541. The van der Waals surface area contributed by atoms with Gasteiger partial charge in [-0.2, -0.15) is 0 Å². The van der Waals surface area contributed by atoms with Crippen LogP contribution in [0.25, 0.3) is 0 Å². The van der Waals surface area contributed by atoms with Gasteiger partial charge in [0.15, 0.2) is 0 Å². The Morgan fingerprint density at radius 2 is 1.97 bits per heavy atom. The molecule has 1 aliphatic rings. The molecule has 11 heteroatoms. The number of sulfonamides is 1. The Labute approximate surface area is 194 Å². The molecule has 0 fully saturated rings. The highest BCUT2D eigenvalue weighted by Gasteiger charge is 2.29. The molecule has 0 spiro atoms. The summed E-state index contributed by atoms with van der Waals surface area (Å²) in [6.07, 6.45) is 2.03. The zero-order valence-electron chi connectivity index (χ0n) is 16.7. The number of amides is 1. The molecule has 7 nitrogen and oxygen atoms in total. The van der Waals surface area contributed by atoms with E-state index in [2.05, 4.69) is 14.7 Å². The number of nitrogens with one attached hydrogen (secondary N) is 2. The maximum absolute atomic E-state index is 13.5. The number of carbonyl (C=O) groups excluding carboxylic acids is 1. The minimum atomic E-state index is -4.13. The fraction of sp³-hybridized carbons (Fsp3) is 0.238. The van der Waals surface area contributed by atoms with Crippen molar-refractivity contribution in [3.8, 4) is 0 Å². The summed E-state index contributed by atoms with van der Waals surface area (Å²) in [7, 11) is -4.13. The first-order valence-corrected chi connectivity index (χ1v) is 12.0. The van der Waals surface area contributed by atoms with Crippen molar-refractivity contribution >= 4 is 39.1 Å². The number of hydrogen-bond donors (Lipinski definition) is 2. The zero-order chi connectivity index (χ0) is 22.9. The van der Waals surface area contributed by atoms with Crippen LogP contribution in [0.3, 0.4) is 0 Å². The van der Waals surface area contributed by atoms with Gasteiger partial charge in [0.2, 0.25) is 15.9 Å². The summed E-state index contributed by atoms with van der Waals surface area (Å²) in [4.78, 5) is 21.7. The molecule has 0 aliphatic carbocycles. The zero-order valence-corrected chi connectivity index (χ0v) is 19.0. The van der Waals surface area contributed by atoms with E-state index in [1.165, 1.54) is 42.5 Å². The first-order valence-electron chi connectivity index (χ1n) is 9.75. The van der Waals surface area contributed by atoms with Gasteiger partial charge < -0.3 is 9.88 Å². The van der Waals surface area contributed by atoms with Gasteiger partial charge in [-0.3, -0.25) is 4.79 Å². The summed E-state index contributed by atoms with van der Waals surface area (Å²) >= 11 is 12.1. The van der Waals surface area contributed by atoms with Crippen molar-refractivity contribution in [2.75, 3.05) is 6.54 Å². The topological polar surface area (TPSA) is 95.2 Å². The fourth-order valence-electron chi connectivity index (χ4n) is 3.59. The Balaban J connectivity index is 1.60.